The second kappa shape index (κ2) is 6.41. The first-order valence-corrected chi connectivity index (χ1v) is 7.56. The van der Waals surface area contributed by atoms with Crippen LogP contribution in [0.1, 0.15) is 26.2 Å². The van der Waals surface area contributed by atoms with E-state index in [1.54, 1.807) is 12.1 Å². The number of nitro benzene ring substituents is 1. The fourth-order valence-corrected chi connectivity index (χ4v) is 3.11. The largest absolute Gasteiger partial charge is 0.483 e. The molecule has 0 bridgehead atoms. The molecule has 7 heteroatoms. The van der Waals surface area contributed by atoms with E-state index in [-0.39, 0.29) is 17.5 Å². The van der Waals surface area contributed by atoms with Gasteiger partial charge >= 0.3 is 5.69 Å². The zero-order valence-electron chi connectivity index (χ0n) is 11.6. The van der Waals surface area contributed by atoms with E-state index in [0.717, 1.165) is 0 Å². The average Bonchev–Trinajstić information content (AvgIpc) is 2.85. The first-order chi connectivity index (χ1) is 10.0. The lowest BCUT2D eigenvalue weighted by Gasteiger charge is -2.22. The van der Waals surface area contributed by atoms with Crippen molar-refractivity contribution in [3.05, 3.63) is 32.8 Å². The molecule has 1 N–H and O–H groups in total. The van der Waals surface area contributed by atoms with E-state index in [4.69, 9.17) is 4.74 Å². The number of rotatable bonds is 5. The van der Waals surface area contributed by atoms with Gasteiger partial charge in [-0.25, -0.2) is 0 Å². The van der Waals surface area contributed by atoms with Crippen LogP contribution >= 0.6 is 15.9 Å². The summed E-state index contributed by atoms with van der Waals surface area (Å²) < 4.78 is 6.37. The number of hydrogen-bond donors (Lipinski definition) is 1. The Kier molecular flexibility index (Phi) is 4.80. The number of ether oxygens (including phenoxy) is 1. The van der Waals surface area contributed by atoms with Gasteiger partial charge in [-0.3, -0.25) is 15.4 Å². The smallest absolute Gasteiger partial charge is 0.312 e. The molecule has 21 heavy (non-hydrogen) atoms. The summed E-state index contributed by atoms with van der Waals surface area (Å²) in [5, 5.41) is 23.6. The second-order valence-corrected chi connectivity index (χ2v) is 5.91. The van der Waals surface area contributed by atoms with Gasteiger partial charge in [-0.15, -0.1) is 0 Å². The quantitative estimate of drug-likeness (QED) is 0.648. The van der Waals surface area contributed by atoms with Gasteiger partial charge < -0.3 is 4.74 Å². The van der Waals surface area contributed by atoms with Gasteiger partial charge in [0, 0.05) is 12.5 Å². The van der Waals surface area contributed by atoms with Crippen LogP contribution in [-0.4, -0.2) is 23.1 Å². The van der Waals surface area contributed by atoms with E-state index in [9.17, 15) is 15.4 Å². The van der Waals surface area contributed by atoms with E-state index < -0.39 is 10.5 Å². The van der Waals surface area contributed by atoms with Crippen molar-refractivity contribution < 1.29 is 9.66 Å². The van der Waals surface area contributed by atoms with Crippen LogP contribution in [0, 0.1) is 21.4 Å². The predicted molar refractivity (Wildman–Crippen MR) is 81.1 cm³/mol. The predicted octanol–water partition coefficient (Wildman–Crippen LogP) is 3.16. The third-order valence-electron chi connectivity index (χ3n) is 3.63. The van der Waals surface area contributed by atoms with Crippen molar-refractivity contribution >= 4 is 21.6 Å². The lowest BCUT2D eigenvalue weighted by atomic mass is 10.00. The van der Waals surface area contributed by atoms with Crippen molar-refractivity contribution in [2.24, 2.45) is 0 Å². The van der Waals surface area contributed by atoms with Crippen molar-refractivity contribution in [2.75, 3.05) is 6.54 Å². The van der Waals surface area contributed by atoms with Crippen molar-refractivity contribution in [2.45, 2.75) is 37.8 Å². The molecule has 2 unspecified atom stereocenters. The SMILES string of the molecule is CCNC1(C#N)CCC(Oc2c(Br)cccc2[N+](=O)[O-])C1. The maximum atomic E-state index is 11.1. The number of para-hydroxylation sites is 1. The summed E-state index contributed by atoms with van der Waals surface area (Å²) in [5.41, 5.74) is -0.655. The first-order valence-electron chi connectivity index (χ1n) is 6.77. The highest BCUT2D eigenvalue weighted by atomic mass is 79.9. The molecule has 1 saturated carbocycles. The molecule has 0 heterocycles. The first kappa shape index (κ1) is 15.7. The Morgan fingerprint density at radius 3 is 3.05 bits per heavy atom. The Bertz CT molecular complexity index is 587. The molecule has 0 spiro atoms. The molecule has 0 radical (unpaired) electrons. The molecule has 2 rings (SSSR count). The molecule has 1 aromatic rings. The van der Waals surface area contributed by atoms with Gasteiger partial charge in [0.1, 0.15) is 11.6 Å². The Labute approximate surface area is 131 Å². The number of nitriles is 1. The molecular formula is C14H16BrN3O3. The van der Waals surface area contributed by atoms with Crippen molar-refractivity contribution in [3.8, 4) is 11.8 Å². The third-order valence-corrected chi connectivity index (χ3v) is 4.25. The number of halogens is 1. The molecule has 6 nitrogen and oxygen atoms in total. The summed E-state index contributed by atoms with van der Waals surface area (Å²) in [7, 11) is 0. The molecule has 1 fully saturated rings. The van der Waals surface area contributed by atoms with Crippen molar-refractivity contribution in [3.63, 3.8) is 0 Å². The highest BCUT2D eigenvalue weighted by Crippen LogP contribution is 2.39. The van der Waals surface area contributed by atoms with Gasteiger partial charge in [0.15, 0.2) is 0 Å². The van der Waals surface area contributed by atoms with Gasteiger partial charge in [-0.1, -0.05) is 13.0 Å². The topological polar surface area (TPSA) is 88.2 Å². The molecule has 1 aromatic carbocycles. The van der Waals surface area contributed by atoms with Crippen LogP contribution < -0.4 is 10.1 Å². The highest BCUT2D eigenvalue weighted by molar-refractivity contribution is 9.10. The maximum Gasteiger partial charge on any atom is 0.312 e. The van der Waals surface area contributed by atoms with Crippen molar-refractivity contribution in [1.82, 2.24) is 5.32 Å². The molecule has 0 amide bonds. The number of nitrogens with zero attached hydrogens (tertiary/aromatic N) is 2. The Hall–Kier alpha value is -1.65. The summed E-state index contributed by atoms with van der Waals surface area (Å²) in [4.78, 5) is 10.6. The van der Waals surface area contributed by atoms with Crippen LogP contribution in [0.5, 0.6) is 5.75 Å². The Balaban J connectivity index is 2.18. The summed E-state index contributed by atoms with van der Waals surface area (Å²) >= 11 is 3.29. The molecule has 0 aliphatic heterocycles. The van der Waals surface area contributed by atoms with E-state index in [0.29, 0.717) is 30.3 Å². The fraction of sp³-hybridized carbons (Fsp3) is 0.500. The normalized spacial score (nSPS) is 24.5. The monoisotopic (exact) mass is 353 g/mol. The standard InChI is InChI=1S/C14H16BrN3O3/c1-2-17-14(9-16)7-6-10(8-14)21-13-11(15)4-3-5-12(13)18(19)20/h3-5,10,17H,2,6-8H2,1H3. The van der Waals surface area contributed by atoms with Crippen LogP contribution in [0.4, 0.5) is 5.69 Å². The van der Waals surface area contributed by atoms with Crippen LogP contribution in [-0.2, 0) is 0 Å². The fourth-order valence-electron chi connectivity index (χ4n) is 2.67. The van der Waals surface area contributed by atoms with Crippen LogP contribution in [0.3, 0.4) is 0 Å². The minimum absolute atomic E-state index is 0.0673. The molecular weight excluding hydrogens is 338 g/mol. The molecule has 0 saturated heterocycles. The van der Waals surface area contributed by atoms with E-state index in [2.05, 4.69) is 27.3 Å². The molecule has 112 valence electrons. The summed E-state index contributed by atoms with van der Waals surface area (Å²) in [6.07, 6.45) is 1.69. The summed E-state index contributed by atoms with van der Waals surface area (Å²) in [5.74, 6) is 0.234. The number of nitrogens with one attached hydrogen (secondary N) is 1. The maximum absolute atomic E-state index is 11.1. The van der Waals surface area contributed by atoms with Crippen molar-refractivity contribution in [1.29, 1.82) is 5.26 Å². The second-order valence-electron chi connectivity index (χ2n) is 5.05. The van der Waals surface area contributed by atoms with Gasteiger partial charge in [-0.2, -0.15) is 5.26 Å². The lowest BCUT2D eigenvalue weighted by Crippen LogP contribution is -2.42. The highest BCUT2D eigenvalue weighted by Gasteiger charge is 2.40. The minimum atomic E-state index is -0.588. The average molecular weight is 354 g/mol. The minimum Gasteiger partial charge on any atom is -0.483 e. The van der Waals surface area contributed by atoms with Gasteiger partial charge in [-0.05, 0) is 41.4 Å². The van der Waals surface area contributed by atoms with Gasteiger partial charge in [0.2, 0.25) is 5.75 Å². The van der Waals surface area contributed by atoms with Crippen LogP contribution in [0.2, 0.25) is 0 Å². The molecule has 2 atom stereocenters. The van der Waals surface area contributed by atoms with E-state index >= 15 is 0 Å². The zero-order valence-corrected chi connectivity index (χ0v) is 13.2. The Morgan fingerprint density at radius 1 is 1.67 bits per heavy atom. The Morgan fingerprint density at radius 2 is 2.43 bits per heavy atom. The third kappa shape index (κ3) is 3.34. The zero-order chi connectivity index (χ0) is 15.5. The number of hydrogen-bond acceptors (Lipinski definition) is 5. The molecule has 1 aliphatic carbocycles. The van der Waals surface area contributed by atoms with Gasteiger partial charge in [0.25, 0.3) is 0 Å². The lowest BCUT2D eigenvalue weighted by molar-refractivity contribution is -0.386. The van der Waals surface area contributed by atoms with E-state index in [1.165, 1.54) is 6.07 Å². The van der Waals surface area contributed by atoms with Gasteiger partial charge in [0.05, 0.1) is 15.5 Å². The number of benzene rings is 1. The van der Waals surface area contributed by atoms with Crippen LogP contribution in [0.25, 0.3) is 0 Å². The summed E-state index contributed by atoms with van der Waals surface area (Å²) in [6, 6.07) is 7.03. The molecule has 1 aliphatic rings. The number of nitro groups is 1. The summed E-state index contributed by atoms with van der Waals surface area (Å²) in [6.45, 7) is 2.65. The van der Waals surface area contributed by atoms with E-state index in [1.807, 2.05) is 6.92 Å². The molecule has 0 aromatic heterocycles. The van der Waals surface area contributed by atoms with Crippen LogP contribution in [0.15, 0.2) is 22.7 Å².